The smallest absolute Gasteiger partial charge is 0.250 e. The van der Waals surface area contributed by atoms with Gasteiger partial charge in [0.25, 0.3) is 5.92 Å². The lowest BCUT2D eigenvalue weighted by Crippen LogP contribution is -2.49. The zero-order valence-corrected chi connectivity index (χ0v) is 16.1. The normalized spacial score (nSPS) is 25.9. The SMILES string of the molecule is OCCOCCOc1ccc(CN2C[C@H](O)[C@@H](N3CCC(F)(F)CC3)C2)cc1. The van der Waals surface area contributed by atoms with Crippen molar-refractivity contribution in [3.05, 3.63) is 29.8 Å². The molecular weight excluding hydrogens is 370 g/mol. The first kappa shape index (κ1) is 21.4. The third-order valence-electron chi connectivity index (χ3n) is 5.39. The van der Waals surface area contributed by atoms with E-state index in [9.17, 15) is 13.9 Å². The number of nitrogens with zero attached hydrogens (tertiary/aromatic N) is 2. The molecule has 2 heterocycles. The van der Waals surface area contributed by atoms with E-state index in [2.05, 4.69) is 4.90 Å². The molecule has 0 bridgehead atoms. The number of benzene rings is 1. The van der Waals surface area contributed by atoms with Crippen molar-refractivity contribution in [1.82, 2.24) is 9.80 Å². The van der Waals surface area contributed by atoms with E-state index in [0.717, 1.165) is 11.3 Å². The molecule has 0 unspecified atom stereocenters. The van der Waals surface area contributed by atoms with Crippen molar-refractivity contribution in [3.8, 4) is 5.75 Å². The van der Waals surface area contributed by atoms with Crippen LogP contribution in [0.1, 0.15) is 18.4 Å². The number of piperidine rings is 1. The lowest BCUT2D eigenvalue weighted by atomic mass is 10.0. The van der Waals surface area contributed by atoms with Crippen LogP contribution >= 0.6 is 0 Å². The molecule has 0 radical (unpaired) electrons. The van der Waals surface area contributed by atoms with Crippen LogP contribution in [-0.4, -0.2) is 90.7 Å². The molecule has 0 aliphatic carbocycles. The number of β-amino-alcohol motifs (C(OH)–C–C–N with tert-alkyl or cyclic N) is 1. The van der Waals surface area contributed by atoms with Crippen molar-refractivity contribution in [2.24, 2.45) is 0 Å². The predicted octanol–water partition coefficient (Wildman–Crippen LogP) is 1.35. The summed E-state index contributed by atoms with van der Waals surface area (Å²) in [4.78, 5) is 4.18. The second kappa shape index (κ2) is 9.93. The molecule has 0 spiro atoms. The number of rotatable bonds is 9. The monoisotopic (exact) mass is 400 g/mol. The molecule has 0 amide bonds. The lowest BCUT2D eigenvalue weighted by Gasteiger charge is -2.36. The van der Waals surface area contributed by atoms with E-state index in [-0.39, 0.29) is 25.5 Å². The Bertz CT molecular complexity index is 592. The summed E-state index contributed by atoms with van der Waals surface area (Å²) < 4.78 is 37.5. The maximum Gasteiger partial charge on any atom is 0.250 e. The first-order chi connectivity index (χ1) is 13.5. The molecule has 2 N–H and O–H groups in total. The average molecular weight is 400 g/mol. The third-order valence-corrected chi connectivity index (χ3v) is 5.39. The van der Waals surface area contributed by atoms with E-state index in [4.69, 9.17) is 14.6 Å². The van der Waals surface area contributed by atoms with Gasteiger partial charge < -0.3 is 19.7 Å². The van der Waals surface area contributed by atoms with Crippen molar-refractivity contribution in [2.45, 2.75) is 37.5 Å². The molecule has 2 fully saturated rings. The molecule has 0 aromatic heterocycles. The van der Waals surface area contributed by atoms with E-state index in [1.165, 1.54) is 0 Å². The highest BCUT2D eigenvalue weighted by Crippen LogP contribution is 2.30. The van der Waals surface area contributed by atoms with Gasteiger partial charge in [-0.15, -0.1) is 0 Å². The van der Waals surface area contributed by atoms with E-state index in [1.54, 1.807) is 0 Å². The van der Waals surface area contributed by atoms with Crippen LogP contribution in [0.15, 0.2) is 24.3 Å². The van der Waals surface area contributed by atoms with Gasteiger partial charge in [0.15, 0.2) is 0 Å². The van der Waals surface area contributed by atoms with Crippen LogP contribution in [0.2, 0.25) is 0 Å². The summed E-state index contributed by atoms with van der Waals surface area (Å²) in [6, 6.07) is 7.71. The fraction of sp³-hybridized carbons (Fsp3) is 0.700. The molecule has 8 heteroatoms. The zero-order valence-electron chi connectivity index (χ0n) is 16.1. The molecule has 0 saturated carbocycles. The van der Waals surface area contributed by atoms with Gasteiger partial charge in [0.2, 0.25) is 0 Å². The van der Waals surface area contributed by atoms with Gasteiger partial charge >= 0.3 is 0 Å². The second-order valence-corrected chi connectivity index (χ2v) is 7.55. The Kier molecular flexibility index (Phi) is 7.59. The summed E-state index contributed by atoms with van der Waals surface area (Å²) in [5.41, 5.74) is 1.11. The average Bonchev–Trinajstić information content (AvgIpc) is 3.03. The number of halogens is 2. The first-order valence-electron chi connectivity index (χ1n) is 9.89. The summed E-state index contributed by atoms with van der Waals surface area (Å²) in [5, 5.41) is 19.0. The van der Waals surface area contributed by atoms with Crippen LogP contribution in [0.3, 0.4) is 0 Å². The van der Waals surface area contributed by atoms with Gasteiger partial charge in [-0.3, -0.25) is 9.80 Å². The van der Waals surface area contributed by atoms with Gasteiger partial charge in [-0.2, -0.15) is 0 Å². The number of hydrogen-bond donors (Lipinski definition) is 2. The lowest BCUT2D eigenvalue weighted by molar-refractivity contribution is -0.0698. The largest absolute Gasteiger partial charge is 0.491 e. The minimum Gasteiger partial charge on any atom is -0.491 e. The number of likely N-dealkylation sites (tertiary alicyclic amines) is 2. The molecule has 158 valence electrons. The van der Waals surface area contributed by atoms with Crippen molar-refractivity contribution in [3.63, 3.8) is 0 Å². The van der Waals surface area contributed by atoms with Gasteiger partial charge in [-0.05, 0) is 17.7 Å². The van der Waals surface area contributed by atoms with E-state index in [1.807, 2.05) is 29.2 Å². The van der Waals surface area contributed by atoms with Crippen molar-refractivity contribution in [2.75, 3.05) is 52.6 Å². The highest BCUT2D eigenvalue weighted by atomic mass is 19.3. The van der Waals surface area contributed by atoms with Gasteiger partial charge in [0.05, 0.1) is 25.9 Å². The zero-order chi connectivity index (χ0) is 20.0. The summed E-state index contributed by atoms with van der Waals surface area (Å²) in [6.07, 6.45) is -0.751. The van der Waals surface area contributed by atoms with E-state index in [0.29, 0.717) is 52.5 Å². The number of hydrogen-bond acceptors (Lipinski definition) is 6. The number of alkyl halides is 2. The van der Waals surface area contributed by atoms with Gasteiger partial charge in [0, 0.05) is 51.6 Å². The van der Waals surface area contributed by atoms with Crippen LogP contribution in [-0.2, 0) is 11.3 Å². The number of ether oxygens (including phenoxy) is 2. The molecule has 6 nitrogen and oxygen atoms in total. The highest BCUT2D eigenvalue weighted by Gasteiger charge is 2.41. The summed E-state index contributed by atoms with van der Waals surface area (Å²) in [6.45, 7) is 3.80. The first-order valence-corrected chi connectivity index (χ1v) is 9.89. The Balaban J connectivity index is 1.43. The van der Waals surface area contributed by atoms with Gasteiger partial charge in [0.1, 0.15) is 12.4 Å². The molecule has 2 atom stereocenters. The maximum absolute atomic E-state index is 13.4. The third kappa shape index (κ3) is 6.09. The van der Waals surface area contributed by atoms with Crippen LogP contribution in [0.25, 0.3) is 0 Å². The fourth-order valence-electron chi connectivity index (χ4n) is 3.85. The van der Waals surface area contributed by atoms with Crippen LogP contribution in [0.4, 0.5) is 8.78 Å². The Morgan fingerprint density at radius 1 is 1.04 bits per heavy atom. The Labute approximate surface area is 164 Å². The molecule has 3 rings (SSSR count). The Morgan fingerprint density at radius 3 is 2.43 bits per heavy atom. The molecular formula is C20H30F2N2O4. The van der Waals surface area contributed by atoms with Crippen molar-refractivity contribution in [1.29, 1.82) is 0 Å². The van der Waals surface area contributed by atoms with Crippen LogP contribution in [0.5, 0.6) is 5.75 Å². The maximum atomic E-state index is 13.4. The minimum atomic E-state index is -2.56. The standard InChI is InChI=1S/C20H30F2N2O4/c21-20(22)5-7-24(8-6-20)18-14-23(15-19(18)26)13-16-1-3-17(4-2-16)28-12-11-27-10-9-25/h1-4,18-19,25-26H,5-15H2/t18-,19-/m0/s1. The van der Waals surface area contributed by atoms with Crippen molar-refractivity contribution >= 4 is 0 Å². The Hall–Kier alpha value is -1.32. The molecule has 1 aromatic rings. The van der Waals surface area contributed by atoms with Crippen molar-refractivity contribution < 1.29 is 28.5 Å². The number of aliphatic hydroxyl groups excluding tert-OH is 2. The van der Waals surface area contributed by atoms with Crippen LogP contribution < -0.4 is 4.74 Å². The quantitative estimate of drug-likeness (QED) is 0.610. The number of aliphatic hydroxyl groups is 2. The molecule has 2 aliphatic heterocycles. The van der Waals surface area contributed by atoms with E-state index < -0.39 is 12.0 Å². The summed E-state index contributed by atoms with van der Waals surface area (Å²) in [5.74, 6) is -1.81. The highest BCUT2D eigenvalue weighted by molar-refractivity contribution is 5.27. The predicted molar refractivity (Wildman–Crippen MR) is 101 cm³/mol. The summed E-state index contributed by atoms with van der Waals surface area (Å²) in [7, 11) is 0. The van der Waals surface area contributed by atoms with Gasteiger partial charge in [-0.25, -0.2) is 8.78 Å². The fourth-order valence-corrected chi connectivity index (χ4v) is 3.85. The topological polar surface area (TPSA) is 65.4 Å². The molecule has 28 heavy (non-hydrogen) atoms. The molecule has 2 saturated heterocycles. The van der Waals surface area contributed by atoms with Crippen LogP contribution in [0, 0.1) is 0 Å². The van der Waals surface area contributed by atoms with E-state index >= 15 is 0 Å². The van der Waals surface area contributed by atoms with Gasteiger partial charge in [-0.1, -0.05) is 12.1 Å². The Morgan fingerprint density at radius 2 is 1.75 bits per heavy atom. The minimum absolute atomic E-state index is 0.00495. The molecule has 1 aromatic carbocycles. The second-order valence-electron chi connectivity index (χ2n) is 7.55. The summed E-state index contributed by atoms with van der Waals surface area (Å²) >= 11 is 0. The molecule has 2 aliphatic rings.